The zero-order chi connectivity index (χ0) is 25.5. The average Bonchev–Trinajstić information content (AvgIpc) is 3.74. The fraction of sp³-hybridized carbons (Fsp3) is 0.571. The van der Waals surface area contributed by atoms with E-state index < -0.39 is 0 Å². The van der Waals surface area contributed by atoms with Crippen molar-refractivity contribution in [2.75, 3.05) is 25.0 Å². The number of fused-ring (bicyclic) bond motifs is 3. The van der Waals surface area contributed by atoms with Gasteiger partial charge in [0.2, 0.25) is 11.9 Å². The van der Waals surface area contributed by atoms with E-state index in [0.29, 0.717) is 35.7 Å². The van der Waals surface area contributed by atoms with Crippen LogP contribution in [-0.4, -0.2) is 56.2 Å². The normalized spacial score (nSPS) is 23.5. The Bertz CT molecular complexity index is 1370. The predicted molar refractivity (Wildman–Crippen MR) is 143 cm³/mol. The number of aromatic nitrogens is 3. The summed E-state index contributed by atoms with van der Waals surface area (Å²) in [4.78, 5) is 37.3. The van der Waals surface area contributed by atoms with E-state index in [1.165, 1.54) is 12.8 Å². The number of pyridine rings is 1. The minimum atomic E-state index is -0.297. The second kappa shape index (κ2) is 10.0. The van der Waals surface area contributed by atoms with Crippen molar-refractivity contribution < 1.29 is 9.90 Å². The van der Waals surface area contributed by atoms with Gasteiger partial charge in [-0.1, -0.05) is 12.1 Å². The zero-order valence-corrected chi connectivity index (χ0v) is 21.2. The maximum absolute atomic E-state index is 14.0. The molecule has 2 aliphatic carbocycles. The third-order valence-corrected chi connectivity index (χ3v) is 8.49. The minimum Gasteiger partial charge on any atom is -0.393 e. The molecule has 1 saturated heterocycles. The van der Waals surface area contributed by atoms with Gasteiger partial charge in [0.25, 0.3) is 5.56 Å². The number of aliphatic hydroxyl groups is 1. The molecule has 3 aliphatic rings. The highest BCUT2D eigenvalue weighted by molar-refractivity contribution is 6.04. The maximum Gasteiger partial charge on any atom is 0.260 e. The van der Waals surface area contributed by atoms with Crippen molar-refractivity contribution in [1.29, 1.82) is 0 Å². The molecule has 1 amide bonds. The highest BCUT2D eigenvalue weighted by Crippen LogP contribution is 2.33. The molecule has 1 aliphatic heterocycles. The molecule has 37 heavy (non-hydrogen) atoms. The summed E-state index contributed by atoms with van der Waals surface area (Å²) in [6.07, 6.45) is 8.49. The maximum atomic E-state index is 14.0. The van der Waals surface area contributed by atoms with E-state index in [2.05, 4.69) is 21.3 Å². The van der Waals surface area contributed by atoms with Crippen molar-refractivity contribution >= 4 is 33.7 Å². The number of carbonyl (C=O) groups excluding carboxylic acids is 1. The van der Waals surface area contributed by atoms with Crippen LogP contribution in [0.5, 0.6) is 0 Å². The Morgan fingerprint density at radius 1 is 1.03 bits per heavy atom. The van der Waals surface area contributed by atoms with Crippen LogP contribution in [0.2, 0.25) is 0 Å². The molecule has 1 aromatic carbocycles. The molecule has 6 rings (SSSR count). The number of carbonyl (C=O) groups is 1. The van der Waals surface area contributed by atoms with Crippen molar-refractivity contribution in [2.45, 2.75) is 70.1 Å². The lowest BCUT2D eigenvalue weighted by Crippen LogP contribution is -2.38. The molecule has 0 spiro atoms. The van der Waals surface area contributed by atoms with Crippen LogP contribution in [0.1, 0.15) is 63.0 Å². The highest BCUT2D eigenvalue weighted by Gasteiger charge is 2.27. The van der Waals surface area contributed by atoms with Gasteiger partial charge in [-0.25, -0.2) is 4.98 Å². The number of amides is 1. The number of aliphatic hydroxyl groups excluding tert-OH is 1. The molecule has 3 fully saturated rings. The molecule has 9 nitrogen and oxygen atoms in total. The monoisotopic (exact) mass is 504 g/mol. The van der Waals surface area contributed by atoms with Crippen molar-refractivity contribution in [2.24, 2.45) is 17.6 Å². The second-order valence-electron chi connectivity index (χ2n) is 11.2. The van der Waals surface area contributed by atoms with E-state index in [1.54, 1.807) is 0 Å². The number of hydrogen-bond acceptors (Lipinski definition) is 7. The first-order valence-corrected chi connectivity index (χ1v) is 13.7. The average molecular weight is 505 g/mol. The summed E-state index contributed by atoms with van der Waals surface area (Å²) in [5, 5.41) is 15.9. The molecule has 9 heteroatoms. The first-order valence-electron chi connectivity index (χ1n) is 13.7. The van der Waals surface area contributed by atoms with Crippen LogP contribution in [0.15, 0.2) is 29.2 Å². The van der Waals surface area contributed by atoms with E-state index >= 15 is 0 Å². The van der Waals surface area contributed by atoms with Gasteiger partial charge < -0.3 is 16.2 Å². The minimum absolute atomic E-state index is 0.00506. The number of anilines is 1. The second-order valence-corrected chi connectivity index (χ2v) is 11.2. The van der Waals surface area contributed by atoms with Gasteiger partial charge in [-0.2, -0.15) is 4.98 Å². The summed E-state index contributed by atoms with van der Waals surface area (Å²) >= 11 is 0. The van der Waals surface area contributed by atoms with Crippen molar-refractivity contribution in [1.82, 2.24) is 19.4 Å². The lowest BCUT2D eigenvalue weighted by atomic mass is 9.92. The van der Waals surface area contributed by atoms with Gasteiger partial charge in [0.15, 0.2) is 0 Å². The fourth-order valence-electron chi connectivity index (χ4n) is 6.01. The number of primary amides is 1. The van der Waals surface area contributed by atoms with E-state index in [0.717, 1.165) is 68.2 Å². The molecule has 3 heterocycles. The van der Waals surface area contributed by atoms with Crippen LogP contribution in [0.4, 0.5) is 5.95 Å². The number of likely N-dealkylation sites (tertiary alicyclic amines) is 1. The first kappa shape index (κ1) is 24.3. The number of rotatable bonds is 7. The van der Waals surface area contributed by atoms with Gasteiger partial charge >= 0.3 is 0 Å². The lowest BCUT2D eigenvalue weighted by Gasteiger charge is -2.30. The topological polar surface area (TPSA) is 126 Å². The molecule has 0 atom stereocenters. The van der Waals surface area contributed by atoms with Crippen molar-refractivity contribution in [3.63, 3.8) is 0 Å². The van der Waals surface area contributed by atoms with Gasteiger partial charge in [-0.15, -0.1) is 0 Å². The van der Waals surface area contributed by atoms with E-state index in [1.807, 2.05) is 22.9 Å². The summed E-state index contributed by atoms with van der Waals surface area (Å²) < 4.78 is 1.87. The lowest BCUT2D eigenvalue weighted by molar-refractivity contribution is -0.123. The third-order valence-electron chi connectivity index (χ3n) is 8.49. The molecule has 2 saturated carbocycles. The zero-order valence-electron chi connectivity index (χ0n) is 21.2. The van der Waals surface area contributed by atoms with E-state index in [-0.39, 0.29) is 29.5 Å². The molecule has 4 N–H and O–H groups in total. The highest BCUT2D eigenvalue weighted by atomic mass is 16.3. The number of hydrogen-bond donors (Lipinski definition) is 3. The predicted octanol–water partition coefficient (Wildman–Crippen LogP) is 2.94. The van der Waals surface area contributed by atoms with Crippen molar-refractivity contribution in [3.05, 3.63) is 40.3 Å². The summed E-state index contributed by atoms with van der Waals surface area (Å²) in [7, 11) is 0. The van der Waals surface area contributed by atoms with Gasteiger partial charge in [0, 0.05) is 42.0 Å². The fourth-order valence-corrected chi connectivity index (χ4v) is 6.01. The van der Waals surface area contributed by atoms with E-state index in [4.69, 9.17) is 10.7 Å². The quantitative estimate of drug-likeness (QED) is 0.422. The number of nitrogens with zero attached hydrogens (tertiary/aromatic N) is 4. The van der Waals surface area contributed by atoms with Crippen LogP contribution in [0, 0.1) is 11.8 Å². The van der Waals surface area contributed by atoms with Crippen LogP contribution >= 0.6 is 0 Å². The third kappa shape index (κ3) is 5.07. The number of benzene rings is 1. The Morgan fingerprint density at radius 3 is 2.49 bits per heavy atom. The molecule has 2 aromatic heterocycles. The van der Waals surface area contributed by atoms with Crippen LogP contribution in [0.3, 0.4) is 0 Å². The molecule has 3 aromatic rings. The molecule has 0 bridgehead atoms. The Labute approximate surface area is 216 Å². The number of nitrogens with two attached hydrogens (primary N) is 1. The molecular weight excluding hydrogens is 468 g/mol. The van der Waals surface area contributed by atoms with E-state index in [9.17, 15) is 14.7 Å². The van der Waals surface area contributed by atoms with Gasteiger partial charge in [0.05, 0.1) is 6.10 Å². The standard InChI is InChI=1S/C28H36N6O3/c29-25(36)19-9-11-33(12-10-19)16-18-3-8-22-23(13-18)27(37)34(20-4-6-21(35)7-5-20)26-24(22)15-31-28(32-26)30-14-17-1-2-17/h3,8,13,15,17,19-21,35H,1-2,4-7,9-12,14,16H2,(H2,29,36)(H,30,31,32)/t20-,21-. The molecular formula is C28H36N6O3. The summed E-state index contributed by atoms with van der Waals surface area (Å²) in [5.41, 5.74) is 7.22. The smallest absolute Gasteiger partial charge is 0.260 e. The van der Waals surface area contributed by atoms with Gasteiger partial charge in [-0.3, -0.25) is 19.1 Å². The Kier molecular flexibility index (Phi) is 6.58. The van der Waals surface area contributed by atoms with Crippen LogP contribution < -0.4 is 16.6 Å². The Morgan fingerprint density at radius 2 is 1.78 bits per heavy atom. The molecule has 196 valence electrons. The van der Waals surface area contributed by atoms with Crippen LogP contribution in [-0.2, 0) is 11.3 Å². The SMILES string of the molecule is NC(=O)C1CCN(Cc2ccc3c(c2)c(=O)n([C@H]2CC[C@H](O)CC2)c2nc(NCC4CC4)ncc32)CC1. The Balaban J connectivity index is 1.37. The first-order chi connectivity index (χ1) is 18.0. The summed E-state index contributed by atoms with van der Waals surface area (Å²) in [6, 6.07) is 6.14. The van der Waals surface area contributed by atoms with Gasteiger partial charge in [-0.05, 0) is 87.4 Å². The van der Waals surface area contributed by atoms with Crippen molar-refractivity contribution in [3.8, 4) is 0 Å². The molecule has 0 radical (unpaired) electrons. The summed E-state index contributed by atoms with van der Waals surface area (Å²) in [5.74, 6) is 1.02. The number of piperidine rings is 1. The van der Waals surface area contributed by atoms with Crippen LogP contribution in [0.25, 0.3) is 21.8 Å². The Hall–Kier alpha value is -3.04. The summed E-state index contributed by atoms with van der Waals surface area (Å²) in [6.45, 7) is 3.24. The largest absolute Gasteiger partial charge is 0.393 e. The van der Waals surface area contributed by atoms with Gasteiger partial charge in [0.1, 0.15) is 5.65 Å². The number of nitrogens with one attached hydrogen (secondary N) is 1. The molecule has 0 unspecified atom stereocenters.